The Morgan fingerprint density at radius 1 is 1.25 bits per heavy atom. The topological polar surface area (TPSA) is 68.3 Å². The van der Waals surface area contributed by atoms with Crippen molar-refractivity contribution in [2.24, 2.45) is 11.7 Å². The number of nitrogens with two attached hydrogens (primary N) is 1. The van der Waals surface area contributed by atoms with Crippen LogP contribution in [0.1, 0.15) is 13.3 Å². The minimum absolute atomic E-state index is 0.0693. The van der Waals surface area contributed by atoms with Gasteiger partial charge in [0.1, 0.15) is 11.8 Å². The van der Waals surface area contributed by atoms with Gasteiger partial charge in [-0.3, -0.25) is 5.41 Å². The predicted molar refractivity (Wildman–Crippen MR) is 53.4 cm³/mol. The maximum absolute atomic E-state index is 12.3. The van der Waals surface area contributed by atoms with Crippen LogP contribution < -0.4 is 5.73 Å². The smallest absolute Gasteiger partial charge is 0.387 e. The minimum Gasteiger partial charge on any atom is -0.387 e. The van der Waals surface area contributed by atoms with Gasteiger partial charge in [-0.1, -0.05) is 6.92 Å². The van der Waals surface area contributed by atoms with Crippen LogP contribution in [0.5, 0.6) is 0 Å². The molecular weight excluding hydrogens is 225 g/mol. The molecule has 0 saturated heterocycles. The molecule has 0 aromatic rings. The van der Waals surface area contributed by atoms with E-state index in [1.807, 2.05) is 6.92 Å². The Morgan fingerprint density at radius 3 is 2.25 bits per heavy atom. The highest BCUT2D eigenvalue weighted by Gasteiger charge is 2.41. The van der Waals surface area contributed by atoms with Crippen molar-refractivity contribution in [2.75, 3.05) is 26.4 Å². The molecule has 1 atom stereocenters. The molecule has 0 saturated carbocycles. The molecular formula is C9H17F3N2O2. The number of hydrogen-bond acceptors (Lipinski definition) is 3. The molecule has 0 fully saturated rings. The number of rotatable bonds is 8. The molecule has 0 rings (SSSR count). The van der Waals surface area contributed by atoms with Gasteiger partial charge in [0.25, 0.3) is 0 Å². The summed E-state index contributed by atoms with van der Waals surface area (Å²) in [6, 6.07) is 0. The lowest BCUT2D eigenvalue weighted by Gasteiger charge is -2.18. The van der Waals surface area contributed by atoms with Crippen molar-refractivity contribution < 1.29 is 22.6 Å². The van der Waals surface area contributed by atoms with E-state index in [4.69, 9.17) is 20.6 Å². The molecule has 96 valence electrons. The van der Waals surface area contributed by atoms with Crippen molar-refractivity contribution in [3.05, 3.63) is 0 Å². The first kappa shape index (κ1) is 15.2. The third kappa shape index (κ3) is 6.62. The molecule has 0 aromatic heterocycles. The SMILES string of the molecule is CCCOCCOCC(C(=N)N)C(F)(F)F. The zero-order valence-electron chi connectivity index (χ0n) is 9.14. The number of hydrogen-bond donors (Lipinski definition) is 2. The summed E-state index contributed by atoms with van der Waals surface area (Å²) in [6.07, 6.45) is -3.69. The van der Waals surface area contributed by atoms with E-state index in [0.29, 0.717) is 6.61 Å². The highest BCUT2D eigenvalue weighted by Crippen LogP contribution is 2.26. The lowest BCUT2D eigenvalue weighted by atomic mass is 10.1. The molecule has 16 heavy (non-hydrogen) atoms. The summed E-state index contributed by atoms with van der Waals surface area (Å²) in [5.41, 5.74) is 4.84. The average Bonchev–Trinajstić information content (AvgIpc) is 2.13. The van der Waals surface area contributed by atoms with E-state index < -0.39 is 24.5 Å². The van der Waals surface area contributed by atoms with Gasteiger partial charge in [-0.15, -0.1) is 0 Å². The lowest BCUT2D eigenvalue weighted by Crippen LogP contribution is -2.38. The third-order valence-electron chi connectivity index (χ3n) is 1.78. The molecule has 0 bridgehead atoms. The van der Waals surface area contributed by atoms with Gasteiger partial charge in [0.15, 0.2) is 0 Å². The minimum atomic E-state index is -4.53. The van der Waals surface area contributed by atoms with Crippen LogP contribution in [0.15, 0.2) is 0 Å². The van der Waals surface area contributed by atoms with E-state index in [1.54, 1.807) is 0 Å². The summed E-state index contributed by atoms with van der Waals surface area (Å²) in [4.78, 5) is 0. The Kier molecular flexibility index (Phi) is 7.07. The molecule has 0 aliphatic rings. The van der Waals surface area contributed by atoms with Crippen molar-refractivity contribution in [3.8, 4) is 0 Å². The number of halogens is 3. The largest absolute Gasteiger partial charge is 0.400 e. The van der Waals surface area contributed by atoms with E-state index >= 15 is 0 Å². The Balaban J connectivity index is 3.75. The molecule has 0 spiro atoms. The zero-order chi connectivity index (χ0) is 12.6. The Bertz CT molecular complexity index is 209. The van der Waals surface area contributed by atoms with Crippen LogP contribution in [-0.2, 0) is 9.47 Å². The lowest BCUT2D eigenvalue weighted by molar-refractivity contribution is -0.169. The summed E-state index contributed by atoms with van der Waals surface area (Å²) in [5, 5.41) is 6.80. The average molecular weight is 242 g/mol. The summed E-state index contributed by atoms with van der Waals surface area (Å²) in [7, 11) is 0. The molecule has 0 amide bonds. The predicted octanol–water partition coefficient (Wildman–Crippen LogP) is 1.54. The van der Waals surface area contributed by atoms with Crippen LogP contribution in [0, 0.1) is 11.3 Å². The molecule has 7 heteroatoms. The number of alkyl halides is 3. The van der Waals surface area contributed by atoms with Gasteiger partial charge in [-0.25, -0.2) is 0 Å². The Hall–Kier alpha value is -0.820. The monoisotopic (exact) mass is 242 g/mol. The van der Waals surface area contributed by atoms with E-state index in [0.717, 1.165) is 6.42 Å². The van der Waals surface area contributed by atoms with Crippen molar-refractivity contribution in [1.29, 1.82) is 5.41 Å². The van der Waals surface area contributed by atoms with Gasteiger partial charge in [0, 0.05) is 6.61 Å². The normalized spacial score (nSPS) is 13.8. The first-order chi connectivity index (χ1) is 7.39. The Labute approximate surface area is 92.4 Å². The van der Waals surface area contributed by atoms with Crippen LogP contribution in [0.25, 0.3) is 0 Å². The number of amidine groups is 1. The second kappa shape index (κ2) is 7.45. The van der Waals surface area contributed by atoms with Crippen LogP contribution in [-0.4, -0.2) is 38.4 Å². The third-order valence-corrected chi connectivity index (χ3v) is 1.78. The Morgan fingerprint density at radius 2 is 1.81 bits per heavy atom. The zero-order valence-corrected chi connectivity index (χ0v) is 9.14. The summed E-state index contributed by atoms with van der Waals surface area (Å²) in [5.74, 6) is -2.96. The maximum atomic E-state index is 12.3. The van der Waals surface area contributed by atoms with E-state index in [9.17, 15) is 13.2 Å². The first-order valence-corrected chi connectivity index (χ1v) is 4.95. The summed E-state index contributed by atoms with van der Waals surface area (Å²) >= 11 is 0. The highest BCUT2D eigenvalue weighted by atomic mass is 19.4. The van der Waals surface area contributed by atoms with Gasteiger partial charge in [0.05, 0.1) is 19.8 Å². The summed E-state index contributed by atoms with van der Waals surface area (Å²) < 4.78 is 46.6. The number of ether oxygens (including phenoxy) is 2. The highest BCUT2D eigenvalue weighted by molar-refractivity contribution is 5.80. The fraction of sp³-hybridized carbons (Fsp3) is 0.889. The quantitative estimate of drug-likeness (QED) is 0.385. The molecule has 4 nitrogen and oxygen atoms in total. The molecule has 1 unspecified atom stereocenters. The second-order valence-corrected chi connectivity index (χ2v) is 3.24. The maximum Gasteiger partial charge on any atom is 0.400 e. The molecule has 0 aliphatic heterocycles. The second-order valence-electron chi connectivity index (χ2n) is 3.24. The van der Waals surface area contributed by atoms with Crippen molar-refractivity contribution in [2.45, 2.75) is 19.5 Å². The van der Waals surface area contributed by atoms with E-state index in [1.165, 1.54) is 0 Å². The van der Waals surface area contributed by atoms with Gasteiger partial charge >= 0.3 is 6.18 Å². The van der Waals surface area contributed by atoms with Crippen molar-refractivity contribution in [1.82, 2.24) is 0 Å². The van der Waals surface area contributed by atoms with Gasteiger partial charge in [0.2, 0.25) is 0 Å². The first-order valence-electron chi connectivity index (χ1n) is 4.95. The molecule has 0 aliphatic carbocycles. The van der Waals surface area contributed by atoms with Crippen LogP contribution in [0.4, 0.5) is 13.2 Å². The fourth-order valence-corrected chi connectivity index (χ4v) is 0.926. The van der Waals surface area contributed by atoms with Crippen molar-refractivity contribution >= 4 is 5.84 Å². The molecule has 0 heterocycles. The fourth-order valence-electron chi connectivity index (χ4n) is 0.926. The standard InChI is InChI=1S/C9H17F3N2O2/c1-2-3-15-4-5-16-6-7(8(13)14)9(10,11)12/h7H,2-6H2,1H3,(H3,13,14). The van der Waals surface area contributed by atoms with E-state index in [2.05, 4.69) is 0 Å². The van der Waals surface area contributed by atoms with Crippen LogP contribution in [0.3, 0.4) is 0 Å². The van der Waals surface area contributed by atoms with Crippen LogP contribution in [0.2, 0.25) is 0 Å². The van der Waals surface area contributed by atoms with Gasteiger partial charge < -0.3 is 15.2 Å². The molecule has 0 aromatic carbocycles. The number of nitrogens with one attached hydrogen (secondary N) is 1. The van der Waals surface area contributed by atoms with Crippen molar-refractivity contribution in [3.63, 3.8) is 0 Å². The van der Waals surface area contributed by atoms with Gasteiger partial charge in [-0.2, -0.15) is 13.2 Å². The summed E-state index contributed by atoms with van der Waals surface area (Å²) in [6.45, 7) is 2.17. The van der Waals surface area contributed by atoms with Gasteiger partial charge in [-0.05, 0) is 6.42 Å². The van der Waals surface area contributed by atoms with Crippen LogP contribution >= 0.6 is 0 Å². The van der Waals surface area contributed by atoms with E-state index in [-0.39, 0.29) is 13.2 Å². The molecule has 3 N–H and O–H groups in total. The molecule has 0 radical (unpaired) electrons.